The first-order chi connectivity index (χ1) is 14.3. The summed E-state index contributed by atoms with van der Waals surface area (Å²) in [6, 6.07) is 7.31. The van der Waals surface area contributed by atoms with Gasteiger partial charge in [-0.05, 0) is 18.1 Å². The lowest BCUT2D eigenvalue weighted by molar-refractivity contribution is -0.206. The Balaban J connectivity index is 1.60. The fourth-order valence-electron chi connectivity index (χ4n) is 3.05. The molecule has 8 heteroatoms. The number of rotatable bonds is 7. The van der Waals surface area contributed by atoms with Crippen LogP contribution in [0.25, 0.3) is 6.08 Å². The molecule has 0 atom stereocenters. The van der Waals surface area contributed by atoms with Crippen LogP contribution in [0.2, 0.25) is 0 Å². The molecule has 3 rings (SSSR count). The Morgan fingerprint density at radius 3 is 2.20 bits per heavy atom. The highest BCUT2D eigenvalue weighted by atomic mass is 19.3. The van der Waals surface area contributed by atoms with Crippen molar-refractivity contribution in [2.24, 2.45) is 5.92 Å². The maximum absolute atomic E-state index is 13.9. The van der Waals surface area contributed by atoms with Gasteiger partial charge in [-0.25, -0.2) is 13.2 Å². The number of benzene rings is 2. The van der Waals surface area contributed by atoms with Gasteiger partial charge in [0.05, 0.1) is 13.2 Å². The van der Waals surface area contributed by atoms with Crippen molar-refractivity contribution in [2.75, 3.05) is 13.2 Å². The zero-order valence-electron chi connectivity index (χ0n) is 16.2. The molecule has 2 aromatic rings. The quantitative estimate of drug-likeness (QED) is 0.385. The normalized spacial score (nSPS) is 19.9. The van der Waals surface area contributed by atoms with Crippen LogP contribution in [0.3, 0.4) is 0 Å². The third-order valence-corrected chi connectivity index (χ3v) is 4.55. The lowest BCUT2D eigenvalue weighted by Gasteiger charge is -2.29. The van der Waals surface area contributed by atoms with Gasteiger partial charge >= 0.3 is 6.11 Å². The van der Waals surface area contributed by atoms with Crippen LogP contribution in [0.15, 0.2) is 42.5 Å². The van der Waals surface area contributed by atoms with Gasteiger partial charge in [-0.3, -0.25) is 0 Å². The van der Waals surface area contributed by atoms with E-state index in [0.717, 1.165) is 24.5 Å². The summed E-state index contributed by atoms with van der Waals surface area (Å²) < 4.78 is 82.8. The molecule has 0 saturated carbocycles. The van der Waals surface area contributed by atoms with E-state index in [0.29, 0.717) is 42.9 Å². The van der Waals surface area contributed by atoms with Gasteiger partial charge in [-0.15, -0.1) is 0 Å². The fraction of sp³-hybridized carbons (Fsp3) is 0.364. The minimum Gasteiger partial charge on any atom is -0.429 e. The van der Waals surface area contributed by atoms with E-state index in [2.05, 4.69) is 11.7 Å². The molecule has 3 nitrogen and oxygen atoms in total. The van der Waals surface area contributed by atoms with Crippen LogP contribution in [-0.4, -0.2) is 19.3 Å². The molecule has 30 heavy (non-hydrogen) atoms. The van der Waals surface area contributed by atoms with Gasteiger partial charge in [0, 0.05) is 29.7 Å². The highest BCUT2D eigenvalue weighted by Crippen LogP contribution is 2.29. The fourth-order valence-corrected chi connectivity index (χ4v) is 3.05. The molecule has 1 aliphatic heterocycles. The second-order valence-corrected chi connectivity index (χ2v) is 7.02. The Morgan fingerprint density at radius 2 is 1.63 bits per heavy atom. The Morgan fingerprint density at radius 1 is 1.03 bits per heavy atom. The van der Waals surface area contributed by atoms with Crippen LogP contribution >= 0.6 is 0 Å². The van der Waals surface area contributed by atoms with Crippen molar-refractivity contribution in [3.63, 3.8) is 0 Å². The third-order valence-electron chi connectivity index (χ3n) is 4.55. The largest absolute Gasteiger partial charge is 0.429 e. The monoisotopic (exact) mass is 428 g/mol. The van der Waals surface area contributed by atoms with E-state index in [-0.39, 0.29) is 0 Å². The molecule has 0 aromatic heterocycles. The Kier molecular flexibility index (Phi) is 7.10. The van der Waals surface area contributed by atoms with Gasteiger partial charge in [-0.2, -0.15) is 8.78 Å². The van der Waals surface area contributed by atoms with Crippen LogP contribution in [-0.2, 0) is 9.47 Å². The lowest BCUT2D eigenvalue weighted by Crippen LogP contribution is -2.26. The first kappa shape index (κ1) is 22.2. The minimum atomic E-state index is -3.86. The van der Waals surface area contributed by atoms with Crippen LogP contribution in [0.4, 0.5) is 22.0 Å². The van der Waals surface area contributed by atoms with Gasteiger partial charge < -0.3 is 14.2 Å². The van der Waals surface area contributed by atoms with E-state index in [9.17, 15) is 22.0 Å². The van der Waals surface area contributed by atoms with Crippen molar-refractivity contribution in [3.05, 3.63) is 71.1 Å². The van der Waals surface area contributed by atoms with Crippen molar-refractivity contribution in [2.45, 2.75) is 32.2 Å². The van der Waals surface area contributed by atoms with E-state index < -0.39 is 35.6 Å². The molecule has 2 aromatic carbocycles. The summed E-state index contributed by atoms with van der Waals surface area (Å²) in [7, 11) is 0. The van der Waals surface area contributed by atoms with Crippen LogP contribution in [0.1, 0.15) is 37.2 Å². The highest BCUT2D eigenvalue weighted by molar-refractivity contribution is 5.50. The van der Waals surface area contributed by atoms with Crippen LogP contribution < -0.4 is 4.74 Å². The SMILES string of the molecule is CCCC1COC(c2ccc(/C=C/C(F)(F)Oc3cc(F)c(F)c(F)c3)cc2)OC1. The van der Waals surface area contributed by atoms with Gasteiger partial charge in [0.2, 0.25) is 0 Å². The van der Waals surface area contributed by atoms with Crippen molar-refractivity contribution in [3.8, 4) is 5.75 Å². The smallest absolute Gasteiger partial charge is 0.419 e. The van der Waals surface area contributed by atoms with E-state index in [1.165, 1.54) is 0 Å². The summed E-state index contributed by atoms with van der Waals surface area (Å²) in [5.74, 6) is -5.45. The number of alkyl halides is 2. The zero-order valence-corrected chi connectivity index (χ0v) is 16.2. The molecule has 1 heterocycles. The number of ether oxygens (including phenoxy) is 3. The summed E-state index contributed by atoms with van der Waals surface area (Å²) in [4.78, 5) is 0. The Hall–Kier alpha value is -2.45. The summed E-state index contributed by atoms with van der Waals surface area (Å²) in [5.41, 5.74) is 1.21. The summed E-state index contributed by atoms with van der Waals surface area (Å²) in [5, 5.41) is 0. The molecule has 1 fully saturated rings. The van der Waals surface area contributed by atoms with E-state index in [1.807, 2.05) is 0 Å². The maximum Gasteiger partial charge on any atom is 0.419 e. The molecule has 0 unspecified atom stereocenters. The molecular formula is C22H21F5O3. The zero-order chi connectivity index (χ0) is 21.7. The average Bonchev–Trinajstić information content (AvgIpc) is 2.71. The van der Waals surface area contributed by atoms with E-state index >= 15 is 0 Å². The van der Waals surface area contributed by atoms with Gasteiger partial charge in [0.15, 0.2) is 23.7 Å². The average molecular weight is 428 g/mol. The summed E-state index contributed by atoms with van der Waals surface area (Å²) in [6.45, 7) is 3.31. The molecule has 0 spiro atoms. The second kappa shape index (κ2) is 9.57. The molecule has 0 N–H and O–H groups in total. The lowest BCUT2D eigenvalue weighted by atomic mass is 10.0. The molecule has 1 aliphatic rings. The predicted molar refractivity (Wildman–Crippen MR) is 100 cm³/mol. The topological polar surface area (TPSA) is 27.7 Å². The van der Waals surface area contributed by atoms with Crippen molar-refractivity contribution in [1.82, 2.24) is 0 Å². The van der Waals surface area contributed by atoms with E-state index in [1.54, 1.807) is 24.3 Å². The molecule has 0 aliphatic carbocycles. The van der Waals surface area contributed by atoms with Crippen molar-refractivity contribution in [1.29, 1.82) is 0 Å². The van der Waals surface area contributed by atoms with E-state index in [4.69, 9.17) is 9.47 Å². The molecular weight excluding hydrogens is 407 g/mol. The van der Waals surface area contributed by atoms with Crippen LogP contribution in [0.5, 0.6) is 5.75 Å². The number of halogens is 5. The predicted octanol–water partition coefficient (Wildman–Crippen LogP) is 6.25. The Labute approximate surface area is 171 Å². The second-order valence-electron chi connectivity index (χ2n) is 7.02. The molecule has 162 valence electrons. The van der Waals surface area contributed by atoms with Gasteiger partial charge in [-0.1, -0.05) is 37.6 Å². The van der Waals surface area contributed by atoms with Gasteiger partial charge in [0.25, 0.3) is 0 Å². The van der Waals surface area contributed by atoms with Crippen molar-refractivity contribution < 1.29 is 36.2 Å². The standard InChI is InChI=1S/C22H21F5O3/c1-2-3-15-12-28-21(29-13-15)16-6-4-14(5-7-16)8-9-22(26,27)30-17-10-18(23)20(25)19(24)11-17/h4-11,15,21H,2-3,12-13H2,1H3/b9-8+. The molecule has 1 saturated heterocycles. The maximum atomic E-state index is 13.9. The summed E-state index contributed by atoms with van der Waals surface area (Å²) >= 11 is 0. The Bertz CT molecular complexity index is 852. The minimum absolute atomic E-state index is 0.351. The molecule has 0 radical (unpaired) electrons. The van der Waals surface area contributed by atoms with Crippen LogP contribution in [0, 0.1) is 23.4 Å². The first-order valence-corrected chi connectivity index (χ1v) is 9.51. The van der Waals surface area contributed by atoms with Crippen molar-refractivity contribution >= 4 is 6.08 Å². The number of hydrogen-bond donors (Lipinski definition) is 0. The molecule has 0 amide bonds. The number of hydrogen-bond acceptors (Lipinski definition) is 3. The third kappa shape index (κ3) is 5.79. The molecule has 0 bridgehead atoms. The first-order valence-electron chi connectivity index (χ1n) is 9.51. The summed E-state index contributed by atoms with van der Waals surface area (Å²) in [6.07, 6.45) is -0.737. The highest BCUT2D eigenvalue weighted by Gasteiger charge is 2.29. The van der Waals surface area contributed by atoms with Gasteiger partial charge in [0.1, 0.15) is 5.75 Å².